The largest absolute Gasteiger partial charge is 0.497 e. The molecule has 0 aromatic heterocycles. The zero-order valence-corrected chi connectivity index (χ0v) is 22.4. The highest BCUT2D eigenvalue weighted by molar-refractivity contribution is 6.11. The summed E-state index contributed by atoms with van der Waals surface area (Å²) in [5.74, 6) is -0.0470. The minimum absolute atomic E-state index is 0.0536. The molecule has 2 atom stereocenters. The number of benzene rings is 4. The van der Waals surface area contributed by atoms with Crippen LogP contribution in [0.4, 0.5) is 18.9 Å². The van der Waals surface area contributed by atoms with Crippen LogP contribution in [0.2, 0.25) is 0 Å². The van der Waals surface area contributed by atoms with E-state index in [4.69, 9.17) is 14.2 Å². The lowest BCUT2D eigenvalue weighted by molar-refractivity contribution is -0.137. The Labute approximate surface area is 239 Å². The first-order chi connectivity index (χ1) is 20.2. The lowest BCUT2D eigenvalue weighted by Gasteiger charge is -2.42. The van der Waals surface area contributed by atoms with Gasteiger partial charge in [0.05, 0.1) is 24.6 Å². The molecule has 2 heterocycles. The third kappa shape index (κ3) is 5.00. The normalized spacial score (nSPS) is 17.5. The topological polar surface area (TPSA) is 77.1 Å². The number of hydrogen-bond donors (Lipinski definition) is 1. The Hall–Kier alpha value is -4.99. The van der Waals surface area contributed by atoms with E-state index >= 15 is 0 Å². The molecule has 0 fully saturated rings. The molecule has 2 unspecified atom stereocenters. The number of carbonyl (C=O) groups is 2. The van der Waals surface area contributed by atoms with Crippen molar-refractivity contribution in [3.8, 4) is 17.2 Å². The lowest BCUT2D eigenvalue weighted by Crippen LogP contribution is -2.47. The predicted molar refractivity (Wildman–Crippen MR) is 148 cm³/mol. The number of hydrogen-bond acceptors (Lipinski definition) is 5. The summed E-state index contributed by atoms with van der Waals surface area (Å²) < 4.78 is 56.2. The first-order valence-corrected chi connectivity index (χ1v) is 13.1. The highest BCUT2D eigenvalue weighted by Crippen LogP contribution is 2.47. The Morgan fingerprint density at radius 2 is 1.71 bits per heavy atom. The molecular weight excluding hydrogens is 549 g/mol. The molecule has 214 valence electrons. The van der Waals surface area contributed by atoms with E-state index in [0.717, 1.165) is 12.1 Å². The quantitative estimate of drug-likeness (QED) is 0.295. The van der Waals surface area contributed by atoms with Gasteiger partial charge in [0.1, 0.15) is 5.75 Å². The summed E-state index contributed by atoms with van der Waals surface area (Å²) in [5.41, 5.74) is 1.52. The first kappa shape index (κ1) is 27.2. The van der Waals surface area contributed by atoms with Crippen molar-refractivity contribution >= 4 is 17.5 Å². The van der Waals surface area contributed by atoms with Crippen molar-refractivity contribution in [2.24, 2.45) is 0 Å². The van der Waals surface area contributed by atoms with Gasteiger partial charge in [0.15, 0.2) is 11.5 Å². The summed E-state index contributed by atoms with van der Waals surface area (Å²) in [6.45, 7) is -0.0766. The third-order valence-corrected chi connectivity index (χ3v) is 7.43. The number of amides is 2. The Balaban J connectivity index is 1.43. The summed E-state index contributed by atoms with van der Waals surface area (Å²) in [7, 11) is 1.54. The van der Waals surface area contributed by atoms with Crippen LogP contribution < -0.4 is 24.4 Å². The Bertz CT molecular complexity index is 1650. The lowest BCUT2D eigenvalue weighted by atomic mass is 9.78. The number of anilines is 1. The molecule has 0 bridgehead atoms. The van der Waals surface area contributed by atoms with Crippen LogP contribution in [0.15, 0.2) is 91.0 Å². The fourth-order valence-electron chi connectivity index (χ4n) is 5.44. The molecule has 2 aliphatic rings. The Morgan fingerprint density at radius 1 is 0.952 bits per heavy atom. The maximum Gasteiger partial charge on any atom is 0.416 e. The molecule has 7 nitrogen and oxygen atoms in total. The van der Waals surface area contributed by atoms with E-state index < -0.39 is 29.6 Å². The highest BCUT2D eigenvalue weighted by Gasteiger charge is 2.45. The van der Waals surface area contributed by atoms with Crippen molar-refractivity contribution in [1.29, 1.82) is 0 Å². The zero-order chi connectivity index (χ0) is 29.4. The van der Waals surface area contributed by atoms with Crippen LogP contribution in [0.5, 0.6) is 17.2 Å². The first-order valence-electron chi connectivity index (χ1n) is 13.1. The van der Waals surface area contributed by atoms with Gasteiger partial charge in [-0.25, -0.2) is 0 Å². The minimum atomic E-state index is -4.51. The van der Waals surface area contributed by atoms with E-state index in [1.54, 1.807) is 78.7 Å². The molecule has 10 heteroatoms. The van der Waals surface area contributed by atoms with Crippen LogP contribution in [0.25, 0.3) is 0 Å². The fourth-order valence-corrected chi connectivity index (χ4v) is 5.44. The molecule has 0 saturated carbocycles. The number of ether oxygens (including phenoxy) is 3. The van der Waals surface area contributed by atoms with E-state index in [1.807, 2.05) is 0 Å². The second-order valence-corrected chi connectivity index (χ2v) is 9.91. The molecule has 0 spiro atoms. The number of carbonyl (C=O) groups excluding carboxylic acids is 2. The van der Waals surface area contributed by atoms with E-state index in [2.05, 4.69) is 5.32 Å². The van der Waals surface area contributed by atoms with Gasteiger partial charge in [0, 0.05) is 23.9 Å². The molecule has 0 radical (unpaired) electrons. The summed E-state index contributed by atoms with van der Waals surface area (Å²) in [6.07, 6.45) is -4.51. The van der Waals surface area contributed by atoms with Crippen LogP contribution in [0.3, 0.4) is 0 Å². The maximum absolute atomic E-state index is 14.1. The van der Waals surface area contributed by atoms with Crippen LogP contribution in [-0.2, 0) is 17.5 Å². The van der Waals surface area contributed by atoms with Gasteiger partial charge in [-0.05, 0) is 59.2 Å². The molecule has 2 aliphatic heterocycles. The van der Waals surface area contributed by atoms with E-state index in [-0.39, 0.29) is 19.2 Å². The number of nitrogens with one attached hydrogen (secondary N) is 1. The van der Waals surface area contributed by atoms with Crippen molar-refractivity contribution < 1.29 is 37.0 Å². The molecule has 4 aromatic rings. The van der Waals surface area contributed by atoms with E-state index in [9.17, 15) is 22.8 Å². The molecule has 4 aromatic carbocycles. The van der Waals surface area contributed by atoms with Gasteiger partial charge < -0.3 is 19.5 Å². The van der Waals surface area contributed by atoms with Crippen LogP contribution >= 0.6 is 0 Å². The monoisotopic (exact) mass is 574 g/mol. The number of nitrogens with zero attached hydrogens (tertiary/aromatic N) is 1. The van der Waals surface area contributed by atoms with E-state index in [0.29, 0.717) is 45.2 Å². The molecule has 42 heavy (non-hydrogen) atoms. The van der Waals surface area contributed by atoms with Gasteiger partial charge in [0.25, 0.3) is 5.91 Å². The van der Waals surface area contributed by atoms with Gasteiger partial charge in [-0.15, -0.1) is 0 Å². The average molecular weight is 575 g/mol. The summed E-state index contributed by atoms with van der Waals surface area (Å²) >= 11 is 0. The number of fused-ring (bicyclic) bond motifs is 2. The van der Waals surface area contributed by atoms with Crippen molar-refractivity contribution in [1.82, 2.24) is 5.32 Å². The van der Waals surface area contributed by atoms with Crippen molar-refractivity contribution in [2.75, 3.05) is 18.8 Å². The minimum Gasteiger partial charge on any atom is -0.497 e. The molecule has 2 amide bonds. The smallest absolute Gasteiger partial charge is 0.416 e. The van der Waals surface area contributed by atoms with Crippen molar-refractivity contribution in [2.45, 2.75) is 24.7 Å². The third-order valence-electron chi connectivity index (χ3n) is 7.43. The number of methoxy groups -OCH3 is 1. The summed E-state index contributed by atoms with van der Waals surface area (Å²) in [4.78, 5) is 29.7. The Kier molecular flexibility index (Phi) is 6.97. The molecule has 1 N–H and O–H groups in total. The SMILES string of the molecule is COc1ccc(C2C(C(=O)NCc3cccc(C(F)(F)F)c3)c3ccccc3C(=O)N2c2ccc3c(c2)OCO3)cc1. The maximum atomic E-state index is 14.1. The van der Waals surface area contributed by atoms with E-state index in [1.165, 1.54) is 12.1 Å². The number of rotatable bonds is 6. The van der Waals surface area contributed by atoms with Crippen molar-refractivity contribution in [3.05, 3.63) is 119 Å². The summed E-state index contributed by atoms with van der Waals surface area (Å²) in [6, 6.07) is 23.1. The molecule has 0 saturated heterocycles. The van der Waals surface area contributed by atoms with Crippen LogP contribution in [0, 0.1) is 0 Å². The van der Waals surface area contributed by atoms with Gasteiger partial charge >= 0.3 is 6.18 Å². The fraction of sp³-hybridized carbons (Fsp3) is 0.188. The van der Waals surface area contributed by atoms with Gasteiger partial charge in [-0.3, -0.25) is 14.5 Å². The second kappa shape index (κ2) is 10.8. The number of alkyl halides is 3. The average Bonchev–Trinajstić information content (AvgIpc) is 3.48. The van der Waals surface area contributed by atoms with Gasteiger partial charge in [-0.2, -0.15) is 13.2 Å². The van der Waals surface area contributed by atoms with Gasteiger partial charge in [0.2, 0.25) is 12.7 Å². The highest BCUT2D eigenvalue weighted by atomic mass is 19.4. The second-order valence-electron chi connectivity index (χ2n) is 9.91. The standard InChI is InChI=1S/C32H25F3N2O5/c1-40-23-12-9-20(10-13-23)29-28(30(38)36-17-19-5-4-6-21(15-19)32(33,34)35)24-7-2-3-8-25(24)31(39)37(29)22-11-14-26-27(16-22)42-18-41-26/h2-16,28-29H,17-18H2,1H3,(H,36,38). The summed E-state index contributed by atoms with van der Waals surface area (Å²) in [5, 5.41) is 2.83. The van der Waals surface area contributed by atoms with Gasteiger partial charge in [-0.1, -0.05) is 42.5 Å². The molecule has 6 rings (SSSR count). The van der Waals surface area contributed by atoms with Crippen molar-refractivity contribution in [3.63, 3.8) is 0 Å². The van der Waals surface area contributed by atoms with Crippen LogP contribution in [0.1, 0.15) is 44.6 Å². The number of halogens is 3. The molecule has 0 aliphatic carbocycles. The predicted octanol–water partition coefficient (Wildman–Crippen LogP) is 6.24. The Morgan fingerprint density at radius 3 is 2.48 bits per heavy atom. The van der Waals surface area contributed by atoms with Crippen LogP contribution in [-0.4, -0.2) is 25.7 Å². The zero-order valence-electron chi connectivity index (χ0n) is 22.4. The molecular formula is C32H25F3N2O5.